The van der Waals surface area contributed by atoms with Crippen molar-refractivity contribution in [1.29, 1.82) is 0 Å². The van der Waals surface area contributed by atoms with Gasteiger partial charge in [0.25, 0.3) is 0 Å². The number of esters is 4. The first-order valence-corrected chi connectivity index (χ1v) is 40.2. The van der Waals surface area contributed by atoms with E-state index in [0.717, 1.165) is 114 Å². The fourth-order valence-electron chi connectivity index (χ4n) is 10.8. The lowest BCUT2D eigenvalue weighted by Gasteiger charge is -2.21. The topological polar surface area (TPSA) is 237 Å². The average Bonchev–Trinajstić information content (AvgIpc) is 3.64. The van der Waals surface area contributed by atoms with Gasteiger partial charge in [-0.15, -0.1) is 0 Å². The fraction of sp³-hybridized carbons (Fsp3) is 0.944. The van der Waals surface area contributed by atoms with Crippen LogP contribution in [-0.4, -0.2) is 96.7 Å². The Labute approximate surface area is 556 Å². The van der Waals surface area contributed by atoms with Crippen molar-refractivity contribution < 1.29 is 80.2 Å². The molecule has 0 aliphatic rings. The predicted octanol–water partition coefficient (Wildman–Crippen LogP) is 20.5. The lowest BCUT2D eigenvalue weighted by atomic mass is 10.0. The van der Waals surface area contributed by atoms with Crippen molar-refractivity contribution >= 4 is 39.5 Å². The van der Waals surface area contributed by atoms with Gasteiger partial charge in [-0.3, -0.25) is 37.3 Å². The molecule has 0 aromatic heterocycles. The highest BCUT2D eigenvalue weighted by molar-refractivity contribution is 7.47. The summed E-state index contributed by atoms with van der Waals surface area (Å²) in [4.78, 5) is 72.6. The molecule has 540 valence electrons. The molecule has 0 heterocycles. The van der Waals surface area contributed by atoms with Crippen molar-refractivity contribution in [2.45, 2.75) is 375 Å². The van der Waals surface area contributed by atoms with Crippen molar-refractivity contribution in [2.75, 3.05) is 39.6 Å². The highest BCUT2D eigenvalue weighted by atomic mass is 31.2. The normalized spacial score (nSPS) is 14.2. The molecule has 0 bridgehead atoms. The lowest BCUT2D eigenvalue weighted by molar-refractivity contribution is -0.161. The minimum absolute atomic E-state index is 0.105. The van der Waals surface area contributed by atoms with Gasteiger partial charge < -0.3 is 33.8 Å². The van der Waals surface area contributed by atoms with Crippen molar-refractivity contribution in [2.24, 2.45) is 23.7 Å². The summed E-state index contributed by atoms with van der Waals surface area (Å²) < 4.78 is 68.3. The van der Waals surface area contributed by atoms with Gasteiger partial charge in [0.05, 0.1) is 26.4 Å². The van der Waals surface area contributed by atoms with E-state index in [1.807, 2.05) is 0 Å². The molecule has 0 spiro atoms. The van der Waals surface area contributed by atoms with Crippen LogP contribution in [0.25, 0.3) is 0 Å². The maximum Gasteiger partial charge on any atom is 0.472 e. The molecular weight excluding hydrogens is 1200 g/mol. The van der Waals surface area contributed by atoms with Gasteiger partial charge in [-0.05, 0) is 49.4 Å². The van der Waals surface area contributed by atoms with Crippen molar-refractivity contribution in [3.05, 3.63) is 0 Å². The van der Waals surface area contributed by atoms with Crippen molar-refractivity contribution in [3.63, 3.8) is 0 Å². The smallest absolute Gasteiger partial charge is 0.462 e. The number of aliphatic hydroxyl groups is 1. The molecule has 2 unspecified atom stereocenters. The SMILES string of the molecule is CC(C)CCCCCCCCCCCCCCCCC(=O)O[C@H](COC(=O)CCCCCCCCC(C)C)COP(=O)(O)OC[C@H](O)COP(=O)(O)OC[C@@H](COC(=O)CCCCCCCCCCC(C)C)OC(=O)CCCCCCCCCCCCCC(C)C. The Balaban J connectivity index is 5.22. The molecule has 0 aliphatic heterocycles. The van der Waals surface area contributed by atoms with E-state index >= 15 is 0 Å². The first-order chi connectivity index (χ1) is 43.6. The summed E-state index contributed by atoms with van der Waals surface area (Å²) in [5.41, 5.74) is 0. The third kappa shape index (κ3) is 66.5. The van der Waals surface area contributed by atoms with Gasteiger partial charge in [0.15, 0.2) is 12.2 Å². The number of ether oxygens (including phenoxy) is 4. The molecule has 0 saturated carbocycles. The van der Waals surface area contributed by atoms with Crippen LogP contribution in [0.4, 0.5) is 0 Å². The number of carbonyl (C=O) groups is 4. The van der Waals surface area contributed by atoms with Crippen LogP contribution < -0.4 is 0 Å². The zero-order valence-electron chi connectivity index (χ0n) is 59.5. The Hall–Kier alpha value is -1.94. The predicted molar refractivity (Wildman–Crippen MR) is 367 cm³/mol. The van der Waals surface area contributed by atoms with Crippen molar-refractivity contribution in [3.8, 4) is 0 Å². The molecule has 19 heteroatoms. The minimum atomic E-state index is -4.95. The molecule has 0 aliphatic carbocycles. The quantitative estimate of drug-likeness (QED) is 0.0222. The number of hydrogen-bond donors (Lipinski definition) is 3. The maximum atomic E-state index is 13.0. The maximum absolute atomic E-state index is 13.0. The summed E-state index contributed by atoms with van der Waals surface area (Å²) in [7, 11) is -9.91. The Bertz CT molecular complexity index is 1800. The summed E-state index contributed by atoms with van der Waals surface area (Å²) >= 11 is 0. The van der Waals surface area contributed by atoms with Gasteiger partial charge in [0, 0.05) is 25.7 Å². The van der Waals surface area contributed by atoms with E-state index in [2.05, 4.69) is 55.4 Å². The van der Waals surface area contributed by atoms with Crippen LogP contribution in [0, 0.1) is 23.7 Å². The molecule has 0 fully saturated rings. The van der Waals surface area contributed by atoms with E-state index in [0.29, 0.717) is 31.6 Å². The van der Waals surface area contributed by atoms with Crippen molar-refractivity contribution in [1.82, 2.24) is 0 Å². The van der Waals surface area contributed by atoms with E-state index in [-0.39, 0.29) is 25.7 Å². The molecule has 3 N–H and O–H groups in total. The lowest BCUT2D eigenvalue weighted by Crippen LogP contribution is -2.30. The summed E-state index contributed by atoms with van der Waals surface area (Å²) in [6.45, 7) is 14.1. The largest absolute Gasteiger partial charge is 0.472 e. The van der Waals surface area contributed by atoms with E-state index in [9.17, 15) is 43.2 Å². The highest BCUT2D eigenvalue weighted by Gasteiger charge is 2.30. The van der Waals surface area contributed by atoms with Gasteiger partial charge in [-0.25, -0.2) is 9.13 Å². The van der Waals surface area contributed by atoms with Gasteiger partial charge in [-0.2, -0.15) is 0 Å². The van der Waals surface area contributed by atoms with Gasteiger partial charge in [0.2, 0.25) is 0 Å². The monoisotopic (exact) mass is 1340 g/mol. The Morgan fingerprint density at radius 2 is 0.462 bits per heavy atom. The number of aliphatic hydroxyl groups excluding tert-OH is 1. The van der Waals surface area contributed by atoms with Gasteiger partial charge in [-0.1, -0.05) is 306 Å². The fourth-order valence-corrected chi connectivity index (χ4v) is 12.4. The van der Waals surface area contributed by atoms with Crippen LogP contribution in [0.15, 0.2) is 0 Å². The van der Waals surface area contributed by atoms with E-state index in [1.165, 1.54) is 154 Å². The first-order valence-electron chi connectivity index (χ1n) is 37.2. The molecule has 0 saturated heterocycles. The van der Waals surface area contributed by atoms with Gasteiger partial charge >= 0.3 is 39.5 Å². The number of phosphoric ester groups is 2. The van der Waals surface area contributed by atoms with Crippen LogP contribution in [-0.2, 0) is 65.4 Å². The van der Waals surface area contributed by atoms with Crippen LogP contribution in [0.3, 0.4) is 0 Å². The van der Waals surface area contributed by atoms with E-state index in [4.69, 9.17) is 37.0 Å². The second-order valence-corrected chi connectivity index (χ2v) is 30.8. The zero-order valence-corrected chi connectivity index (χ0v) is 61.3. The van der Waals surface area contributed by atoms with E-state index in [1.54, 1.807) is 0 Å². The van der Waals surface area contributed by atoms with Gasteiger partial charge in [0.1, 0.15) is 19.3 Å². The third-order valence-electron chi connectivity index (χ3n) is 16.6. The molecule has 0 aromatic rings. The second kappa shape index (κ2) is 61.6. The van der Waals surface area contributed by atoms with Crippen LogP contribution >= 0.6 is 15.6 Å². The summed E-state index contributed by atoms with van der Waals surface area (Å²) in [5, 5.41) is 10.6. The Morgan fingerprint density at radius 1 is 0.275 bits per heavy atom. The molecule has 5 atom stereocenters. The second-order valence-electron chi connectivity index (χ2n) is 27.9. The minimum Gasteiger partial charge on any atom is -0.462 e. The summed E-state index contributed by atoms with van der Waals surface area (Å²) in [6.07, 6.45) is 44.6. The number of carbonyl (C=O) groups excluding carboxylic acids is 4. The Morgan fingerprint density at radius 3 is 0.681 bits per heavy atom. The summed E-state index contributed by atoms with van der Waals surface area (Å²) in [5.74, 6) is 0.838. The molecule has 0 rings (SSSR count). The molecule has 17 nitrogen and oxygen atoms in total. The molecule has 0 aromatic carbocycles. The third-order valence-corrected chi connectivity index (χ3v) is 18.5. The standard InChI is InChI=1S/C72H140O17P2/c1-62(2)48-40-32-24-18-14-11-9-10-12-16-20-28-38-46-54-71(76)89-68(59-83-70(75)53-45-37-31-30-35-43-51-65(7)8)61-87-91(80,81)85-57-66(73)56-84-90(78,79)86-60-67(58-82-69(74)52-44-36-27-23-22-26-34-42-50-64(5)6)88-72(77)55-47-39-29-21-17-13-15-19-25-33-41-49-63(3)4/h62-68,73H,9-61H2,1-8H3,(H,78,79)(H,80,81)/t66-,67-,68-/m1/s1. The molecular formula is C72H140O17P2. The molecule has 0 radical (unpaired) electrons. The van der Waals surface area contributed by atoms with Crippen LogP contribution in [0.1, 0.15) is 357 Å². The number of rotatable bonds is 69. The zero-order chi connectivity index (χ0) is 67.5. The highest BCUT2D eigenvalue weighted by Crippen LogP contribution is 2.45. The van der Waals surface area contributed by atoms with Crippen LogP contribution in [0.2, 0.25) is 0 Å². The molecule has 0 amide bonds. The molecule has 91 heavy (non-hydrogen) atoms. The number of hydrogen-bond acceptors (Lipinski definition) is 15. The van der Waals surface area contributed by atoms with E-state index < -0.39 is 97.5 Å². The summed E-state index contributed by atoms with van der Waals surface area (Å²) in [6, 6.07) is 0. The number of phosphoric acid groups is 2. The Kier molecular flexibility index (Phi) is 60.3. The number of unbranched alkanes of at least 4 members (excludes halogenated alkanes) is 35. The average molecular weight is 1340 g/mol. The first kappa shape index (κ1) is 89.1. The van der Waals surface area contributed by atoms with Crippen LogP contribution in [0.5, 0.6) is 0 Å².